The Bertz CT molecular complexity index is 1150. The zero-order valence-electron chi connectivity index (χ0n) is 20.6. The van der Waals surface area contributed by atoms with Crippen LogP contribution in [-0.2, 0) is 26.2 Å². The highest BCUT2D eigenvalue weighted by Crippen LogP contribution is 2.23. The van der Waals surface area contributed by atoms with Gasteiger partial charge in [-0.1, -0.05) is 62.1 Å². The van der Waals surface area contributed by atoms with Crippen molar-refractivity contribution in [3.63, 3.8) is 0 Å². The van der Waals surface area contributed by atoms with E-state index in [1.54, 1.807) is 31.2 Å². The van der Waals surface area contributed by atoms with Crippen molar-refractivity contribution in [2.75, 3.05) is 17.1 Å². The molecule has 3 rings (SSSR count). The summed E-state index contributed by atoms with van der Waals surface area (Å²) in [4.78, 5) is 28.3. The summed E-state index contributed by atoms with van der Waals surface area (Å²) in [5.41, 5.74) is 0.507. The minimum Gasteiger partial charge on any atom is -0.352 e. The molecule has 2 amide bonds. The highest BCUT2D eigenvalue weighted by Gasteiger charge is 2.33. The van der Waals surface area contributed by atoms with Crippen LogP contribution in [0.15, 0.2) is 48.5 Å². The van der Waals surface area contributed by atoms with E-state index >= 15 is 0 Å². The molecule has 7 nitrogen and oxygen atoms in total. The number of carbonyl (C=O) groups excluding carboxylic acids is 2. The van der Waals surface area contributed by atoms with Gasteiger partial charge in [0.25, 0.3) is 0 Å². The van der Waals surface area contributed by atoms with Crippen molar-refractivity contribution in [3.8, 4) is 0 Å². The van der Waals surface area contributed by atoms with Gasteiger partial charge in [0, 0.05) is 17.6 Å². The van der Waals surface area contributed by atoms with Gasteiger partial charge in [0.1, 0.15) is 18.4 Å². The lowest BCUT2D eigenvalue weighted by atomic mass is 9.95. The SMILES string of the molecule is CC[C@@H](C(=O)NC1CCCCC1)N(Cc1ccc(Cl)cc1)C(=O)CN(c1ccccc1F)S(C)(=O)=O. The van der Waals surface area contributed by atoms with Crippen LogP contribution in [0.4, 0.5) is 10.1 Å². The Balaban J connectivity index is 1.91. The molecule has 10 heteroatoms. The third-order valence-electron chi connectivity index (χ3n) is 6.40. The fraction of sp³-hybridized carbons (Fsp3) is 0.462. The van der Waals surface area contributed by atoms with E-state index in [0.717, 1.165) is 54.3 Å². The Labute approximate surface area is 217 Å². The average molecular weight is 538 g/mol. The van der Waals surface area contributed by atoms with Crippen molar-refractivity contribution in [3.05, 3.63) is 64.9 Å². The van der Waals surface area contributed by atoms with Crippen molar-refractivity contribution in [2.24, 2.45) is 0 Å². The molecule has 1 aliphatic rings. The fourth-order valence-electron chi connectivity index (χ4n) is 4.50. The first-order chi connectivity index (χ1) is 17.1. The van der Waals surface area contributed by atoms with E-state index in [1.165, 1.54) is 23.1 Å². The topological polar surface area (TPSA) is 86.8 Å². The van der Waals surface area contributed by atoms with Crippen LogP contribution in [0, 0.1) is 5.82 Å². The van der Waals surface area contributed by atoms with Crippen molar-refractivity contribution in [1.82, 2.24) is 10.2 Å². The molecule has 0 unspecified atom stereocenters. The molecular formula is C26H33ClFN3O4S. The number of anilines is 1. The largest absolute Gasteiger partial charge is 0.352 e. The Hall–Kier alpha value is -2.65. The van der Waals surface area contributed by atoms with E-state index in [2.05, 4.69) is 5.32 Å². The minimum atomic E-state index is -4.00. The van der Waals surface area contributed by atoms with Crippen LogP contribution in [0.25, 0.3) is 0 Å². The molecular weight excluding hydrogens is 505 g/mol. The van der Waals surface area contributed by atoms with Crippen LogP contribution in [0.1, 0.15) is 51.0 Å². The minimum absolute atomic E-state index is 0.0544. The summed E-state index contributed by atoms with van der Waals surface area (Å²) in [6, 6.07) is 11.5. The lowest BCUT2D eigenvalue weighted by molar-refractivity contribution is -0.140. The van der Waals surface area contributed by atoms with Crippen molar-refractivity contribution >= 4 is 39.1 Å². The van der Waals surface area contributed by atoms with Gasteiger partial charge in [0.05, 0.1) is 11.9 Å². The molecule has 1 N–H and O–H groups in total. The summed E-state index contributed by atoms with van der Waals surface area (Å²) in [6.07, 6.45) is 6.26. The van der Waals surface area contributed by atoms with Crippen LogP contribution in [0.5, 0.6) is 0 Å². The summed E-state index contributed by atoms with van der Waals surface area (Å²) >= 11 is 6.01. The molecule has 1 saturated carbocycles. The smallest absolute Gasteiger partial charge is 0.244 e. The zero-order chi connectivity index (χ0) is 26.3. The van der Waals surface area contributed by atoms with Gasteiger partial charge >= 0.3 is 0 Å². The van der Waals surface area contributed by atoms with Crippen molar-refractivity contribution in [1.29, 1.82) is 0 Å². The van der Waals surface area contributed by atoms with Crippen LogP contribution in [0.2, 0.25) is 5.02 Å². The number of hydrogen-bond donors (Lipinski definition) is 1. The zero-order valence-corrected chi connectivity index (χ0v) is 22.2. The van der Waals surface area contributed by atoms with Crippen LogP contribution >= 0.6 is 11.6 Å². The monoisotopic (exact) mass is 537 g/mol. The first kappa shape index (κ1) is 27.9. The third-order valence-corrected chi connectivity index (χ3v) is 7.78. The number of amides is 2. The van der Waals surface area contributed by atoms with Gasteiger partial charge in [-0.15, -0.1) is 0 Å². The lowest BCUT2D eigenvalue weighted by Crippen LogP contribution is -2.54. The summed E-state index contributed by atoms with van der Waals surface area (Å²) < 4.78 is 40.4. The van der Waals surface area contributed by atoms with Gasteiger partial charge in [-0.05, 0) is 49.1 Å². The maximum absolute atomic E-state index is 14.5. The van der Waals surface area contributed by atoms with E-state index in [4.69, 9.17) is 11.6 Å². The molecule has 0 aromatic heterocycles. The quantitative estimate of drug-likeness (QED) is 0.483. The van der Waals surface area contributed by atoms with Crippen LogP contribution in [0.3, 0.4) is 0 Å². The Morgan fingerprint density at radius 3 is 2.31 bits per heavy atom. The molecule has 36 heavy (non-hydrogen) atoms. The third kappa shape index (κ3) is 7.43. The number of rotatable bonds is 10. The fourth-order valence-corrected chi connectivity index (χ4v) is 5.48. The van der Waals surface area contributed by atoms with Crippen LogP contribution in [-0.4, -0.2) is 50.0 Å². The molecule has 0 bridgehead atoms. The van der Waals surface area contributed by atoms with Crippen molar-refractivity contribution < 1.29 is 22.4 Å². The van der Waals surface area contributed by atoms with Gasteiger partial charge < -0.3 is 10.2 Å². The van der Waals surface area contributed by atoms with Gasteiger partial charge in [-0.3, -0.25) is 13.9 Å². The molecule has 1 aliphatic carbocycles. The van der Waals surface area contributed by atoms with E-state index in [-0.39, 0.29) is 24.2 Å². The second-order valence-corrected chi connectivity index (χ2v) is 11.5. The summed E-state index contributed by atoms with van der Waals surface area (Å²) in [7, 11) is -4.00. The predicted molar refractivity (Wildman–Crippen MR) is 140 cm³/mol. The number of hydrogen-bond acceptors (Lipinski definition) is 4. The van der Waals surface area contributed by atoms with E-state index in [9.17, 15) is 22.4 Å². The Morgan fingerprint density at radius 2 is 1.72 bits per heavy atom. The molecule has 0 saturated heterocycles. The van der Waals surface area contributed by atoms with Gasteiger partial charge in [-0.25, -0.2) is 12.8 Å². The highest BCUT2D eigenvalue weighted by atomic mass is 35.5. The number of benzene rings is 2. The molecule has 0 heterocycles. The number of para-hydroxylation sites is 1. The highest BCUT2D eigenvalue weighted by molar-refractivity contribution is 7.92. The normalized spacial score (nSPS) is 15.2. The standard InChI is InChI=1S/C26H33ClFN3O4S/c1-3-23(26(33)29-21-9-5-4-6-10-21)30(17-19-13-15-20(27)16-14-19)25(32)18-31(36(2,34)35)24-12-8-7-11-22(24)28/h7-8,11-16,21,23H,3-6,9-10,17-18H2,1-2H3,(H,29,33)/t23-/m0/s1. The van der Waals surface area contributed by atoms with Crippen molar-refractivity contribution in [2.45, 2.75) is 64.1 Å². The predicted octanol–water partition coefficient (Wildman–Crippen LogP) is 4.50. The number of nitrogens with zero attached hydrogens (tertiary/aromatic N) is 2. The molecule has 0 spiro atoms. The first-order valence-electron chi connectivity index (χ1n) is 12.2. The number of carbonyl (C=O) groups is 2. The Morgan fingerprint density at radius 1 is 1.08 bits per heavy atom. The maximum Gasteiger partial charge on any atom is 0.244 e. The average Bonchev–Trinajstić information content (AvgIpc) is 2.84. The summed E-state index contributed by atoms with van der Waals surface area (Å²) in [5, 5.41) is 3.61. The summed E-state index contributed by atoms with van der Waals surface area (Å²) in [5.74, 6) is -1.64. The second-order valence-electron chi connectivity index (χ2n) is 9.14. The molecule has 196 valence electrons. The second kappa shape index (κ2) is 12.5. The van der Waals surface area contributed by atoms with Crippen LogP contribution < -0.4 is 9.62 Å². The Kier molecular flexibility index (Phi) is 9.73. The lowest BCUT2D eigenvalue weighted by Gasteiger charge is -2.34. The molecule has 1 atom stereocenters. The first-order valence-corrected chi connectivity index (χ1v) is 14.4. The van der Waals surface area contributed by atoms with E-state index in [1.807, 2.05) is 0 Å². The number of nitrogens with one attached hydrogen (secondary N) is 1. The number of halogens is 2. The molecule has 2 aromatic carbocycles. The van der Waals surface area contributed by atoms with Gasteiger partial charge in [0.2, 0.25) is 21.8 Å². The van der Waals surface area contributed by atoms with Gasteiger partial charge in [0.15, 0.2) is 0 Å². The number of sulfonamides is 1. The van der Waals surface area contributed by atoms with Gasteiger partial charge in [-0.2, -0.15) is 0 Å². The van der Waals surface area contributed by atoms with E-state index in [0.29, 0.717) is 11.4 Å². The molecule has 0 aliphatic heterocycles. The molecule has 0 radical (unpaired) electrons. The molecule has 1 fully saturated rings. The molecule has 2 aromatic rings. The maximum atomic E-state index is 14.5. The summed E-state index contributed by atoms with van der Waals surface area (Å²) in [6.45, 7) is 1.24. The van der Waals surface area contributed by atoms with E-state index < -0.39 is 34.3 Å².